The fourth-order valence-corrected chi connectivity index (χ4v) is 3.50. The van der Waals surface area contributed by atoms with E-state index in [1.54, 1.807) is 24.3 Å². The number of halogens is 2. The van der Waals surface area contributed by atoms with E-state index in [-0.39, 0.29) is 23.1 Å². The molecule has 0 aliphatic heterocycles. The van der Waals surface area contributed by atoms with Crippen LogP contribution in [-0.2, 0) is 0 Å². The lowest BCUT2D eigenvalue weighted by atomic mass is 10.1. The molecule has 1 amide bonds. The Bertz CT molecular complexity index is 1350. The number of benzene rings is 2. The lowest BCUT2D eigenvalue weighted by molar-refractivity contribution is 0.0945. The second-order valence-electron chi connectivity index (χ2n) is 6.69. The van der Waals surface area contributed by atoms with Gasteiger partial charge in [-0.2, -0.15) is 10.1 Å². The zero-order valence-electron chi connectivity index (χ0n) is 16.9. The highest BCUT2D eigenvalue weighted by Crippen LogP contribution is 2.34. The number of aromatic hydroxyl groups is 1. The summed E-state index contributed by atoms with van der Waals surface area (Å²) < 4.78 is 7.01. The molecule has 0 aliphatic carbocycles. The van der Waals surface area contributed by atoms with Gasteiger partial charge >= 0.3 is 5.91 Å². The summed E-state index contributed by atoms with van der Waals surface area (Å²) in [5, 5.41) is 18.6. The molecule has 4 aromatic rings. The molecular weight excluding hydrogens is 500 g/mol. The number of methoxy groups -OCH3 is 1. The molecule has 11 heteroatoms. The van der Waals surface area contributed by atoms with Gasteiger partial charge < -0.3 is 9.84 Å². The van der Waals surface area contributed by atoms with Gasteiger partial charge in [0.2, 0.25) is 5.82 Å². The van der Waals surface area contributed by atoms with Crippen molar-refractivity contribution in [2.75, 3.05) is 7.11 Å². The summed E-state index contributed by atoms with van der Waals surface area (Å²) in [7, 11) is 1.44. The van der Waals surface area contributed by atoms with Crippen LogP contribution in [0.1, 0.15) is 21.9 Å². The number of nitrogens with one attached hydrogen (secondary N) is 1. The Labute approximate surface area is 195 Å². The van der Waals surface area contributed by atoms with Crippen molar-refractivity contribution in [3.8, 4) is 22.8 Å². The predicted octanol–water partition coefficient (Wildman–Crippen LogP) is 3.99. The first-order valence-corrected chi connectivity index (χ1v) is 10.4. The third kappa shape index (κ3) is 4.41. The molecule has 0 fully saturated rings. The van der Waals surface area contributed by atoms with Crippen LogP contribution in [0.25, 0.3) is 17.0 Å². The molecule has 0 bridgehead atoms. The van der Waals surface area contributed by atoms with Crippen molar-refractivity contribution in [3.63, 3.8) is 0 Å². The van der Waals surface area contributed by atoms with Gasteiger partial charge in [-0.05, 0) is 58.7 Å². The largest absolute Gasteiger partial charge is 0.503 e. The summed E-state index contributed by atoms with van der Waals surface area (Å²) >= 11 is 9.18. The molecule has 0 aliphatic rings. The Hall–Kier alpha value is -3.50. The Balaban J connectivity index is 1.55. The van der Waals surface area contributed by atoms with Crippen molar-refractivity contribution in [3.05, 3.63) is 69.0 Å². The molecule has 2 N–H and O–H groups in total. The third-order valence-corrected chi connectivity index (χ3v) is 5.34. The van der Waals surface area contributed by atoms with Crippen LogP contribution in [0.5, 0.6) is 11.5 Å². The lowest BCUT2D eigenvalue weighted by Crippen LogP contribution is -2.19. The Morgan fingerprint density at radius 3 is 2.72 bits per heavy atom. The molecule has 0 spiro atoms. The Kier molecular flexibility index (Phi) is 6.06. The van der Waals surface area contributed by atoms with Crippen molar-refractivity contribution in [2.45, 2.75) is 6.92 Å². The molecule has 0 radical (unpaired) electrons. The van der Waals surface area contributed by atoms with Gasteiger partial charge in [-0.3, -0.25) is 4.79 Å². The van der Waals surface area contributed by atoms with Crippen LogP contribution >= 0.6 is 27.5 Å². The van der Waals surface area contributed by atoms with Crippen molar-refractivity contribution in [1.82, 2.24) is 25.0 Å². The number of carbonyl (C=O) groups is 1. The van der Waals surface area contributed by atoms with Crippen LogP contribution in [0, 0.1) is 6.92 Å². The van der Waals surface area contributed by atoms with Gasteiger partial charge in [0.1, 0.15) is 0 Å². The second kappa shape index (κ2) is 8.93. The summed E-state index contributed by atoms with van der Waals surface area (Å²) in [5.74, 6) is -0.133. The minimum Gasteiger partial charge on any atom is -0.503 e. The molecule has 32 heavy (non-hydrogen) atoms. The SMILES string of the molecule is COc1cc(/C=N\NC(=O)c2nc3nc(-c4ccc(Cl)cc4)cc(C)n3n2)cc(Br)c1O. The van der Waals surface area contributed by atoms with Crippen LogP contribution in [0.2, 0.25) is 5.02 Å². The number of amides is 1. The van der Waals surface area contributed by atoms with Gasteiger partial charge in [-0.15, -0.1) is 5.10 Å². The number of nitrogens with zero attached hydrogens (tertiary/aromatic N) is 5. The van der Waals surface area contributed by atoms with Crippen LogP contribution in [-0.4, -0.2) is 43.9 Å². The molecule has 0 unspecified atom stereocenters. The first kappa shape index (κ1) is 21.7. The first-order chi connectivity index (χ1) is 15.4. The smallest absolute Gasteiger partial charge is 0.311 e. The van der Waals surface area contributed by atoms with E-state index in [1.807, 2.05) is 25.1 Å². The average Bonchev–Trinajstić information content (AvgIpc) is 3.21. The number of fused-ring (bicyclic) bond motifs is 1. The Morgan fingerprint density at radius 2 is 2.00 bits per heavy atom. The van der Waals surface area contributed by atoms with Gasteiger partial charge in [-0.1, -0.05) is 23.7 Å². The number of carbonyl (C=O) groups excluding carboxylic acids is 1. The maximum Gasteiger partial charge on any atom is 0.311 e. The quantitative estimate of drug-likeness (QED) is 0.307. The molecule has 0 saturated carbocycles. The zero-order valence-corrected chi connectivity index (χ0v) is 19.2. The summed E-state index contributed by atoms with van der Waals surface area (Å²) in [5.41, 5.74) is 5.30. The van der Waals surface area contributed by atoms with Crippen LogP contribution in [0.3, 0.4) is 0 Å². The van der Waals surface area contributed by atoms with E-state index in [0.29, 0.717) is 20.8 Å². The van der Waals surface area contributed by atoms with Crippen LogP contribution < -0.4 is 10.2 Å². The second-order valence-corrected chi connectivity index (χ2v) is 7.98. The highest BCUT2D eigenvalue weighted by molar-refractivity contribution is 9.10. The number of hydrogen-bond donors (Lipinski definition) is 2. The van der Waals surface area contributed by atoms with E-state index in [2.05, 4.69) is 41.5 Å². The molecule has 9 nitrogen and oxygen atoms in total. The number of ether oxygens (including phenoxy) is 1. The van der Waals surface area contributed by atoms with Crippen molar-refractivity contribution in [2.24, 2.45) is 5.10 Å². The number of hydrogen-bond acceptors (Lipinski definition) is 7. The molecule has 2 aromatic carbocycles. The number of rotatable bonds is 5. The number of phenolic OH excluding ortho intramolecular Hbond substituents is 1. The normalized spacial score (nSPS) is 11.2. The zero-order chi connectivity index (χ0) is 22.8. The van der Waals surface area contributed by atoms with E-state index in [4.69, 9.17) is 16.3 Å². The predicted molar refractivity (Wildman–Crippen MR) is 123 cm³/mol. The summed E-state index contributed by atoms with van der Waals surface area (Å²) in [6, 6.07) is 12.3. The highest BCUT2D eigenvalue weighted by atomic mass is 79.9. The third-order valence-electron chi connectivity index (χ3n) is 4.48. The van der Waals surface area contributed by atoms with Crippen molar-refractivity contribution < 1.29 is 14.6 Å². The van der Waals surface area contributed by atoms with Crippen molar-refractivity contribution >= 4 is 45.4 Å². The van der Waals surface area contributed by atoms with E-state index in [1.165, 1.54) is 17.8 Å². The topological polar surface area (TPSA) is 114 Å². The van der Waals surface area contributed by atoms with Crippen LogP contribution in [0.15, 0.2) is 52.0 Å². The van der Waals surface area contributed by atoms with Gasteiger partial charge in [-0.25, -0.2) is 14.9 Å². The molecule has 4 rings (SSSR count). The molecule has 2 aromatic heterocycles. The standard InChI is InChI=1S/C21H16BrClN6O3/c1-11-7-16(13-3-5-14(23)6-4-13)25-21-26-19(28-29(11)21)20(31)27-24-10-12-8-15(22)18(30)17(9-12)32-2/h3-10,30H,1-2H3,(H,27,31)/b24-10-. The average molecular weight is 516 g/mol. The highest BCUT2D eigenvalue weighted by Gasteiger charge is 2.16. The molecular formula is C21H16BrClN6O3. The molecule has 2 heterocycles. The molecule has 0 atom stereocenters. The van der Waals surface area contributed by atoms with E-state index in [9.17, 15) is 9.90 Å². The fourth-order valence-electron chi connectivity index (χ4n) is 2.92. The monoisotopic (exact) mass is 514 g/mol. The van der Waals surface area contributed by atoms with E-state index >= 15 is 0 Å². The summed E-state index contributed by atoms with van der Waals surface area (Å²) in [6.07, 6.45) is 1.41. The maximum atomic E-state index is 12.5. The maximum absolute atomic E-state index is 12.5. The molecule has 0 saturated heterocycles. The number of aryl methyl sites for hydroxylation is 1. The van der Waals surface area contributed by atoms with E-state index < -0.39 is 5.91 Å². The summed E-state index contributed by atoms with van der Waals surface area (Å²) in [4.78, 5) is 21.2. The molecule has 162 valence electrons. The van der Waals surface area contributed by atoms with Gasteiger partial charge in [0.25, 0.3) is 5.78 Å². The van der Waals surface area contributed by atoms with Gasteiger partial charge in [0, 0.05) is 16.3 Å². The minimum absolute atomic E-state index is 0.0246. The van der Waals surface area contributed by atoms with Gasteiger partial charge in [0.15, 0.2) is 11.5 Å². The van der Waals surface area contributed by atoms with Crippen LogP contribution in [0.4, 0.5) is 0 Å². The number of phenols is 1. The Morgan fingerprint density at radius 1 is 1.25 bits per heavy atom. The number of hydrazone groups is 1. The van der Waals surface area contributed by atoms with Gasteiger partial charge in [0.05, 0.1) is 23.5 Å². The summed E-state index contributed by atoms with van der Waals surface area (Å²) in [6.45, 7) is 1.85. The fraction of sp³-hybridized carbons (Fsp3) is 0.0952. The first-order valence-electron chi connectivity index (χ1n) is 9.26. The van der Waals surface area contributed by atoms with E-state index in [0.717, 1.165) is 11.3 Å². The number of aromatic nitrogens is 4. The van der Waals surface area contributed by atoms with Crippen molar-refractivity contribution in [1.29, 1.82) is 0 Å². The lowest BCUT2D eigenvalue weighted by Gasteiger charge is -2.06. The minimum atomic E-state index is -0.594.